The van der Waals surface area contributed by atoms with Crippen molar-refractivity contribution in [2.75, 3.05) is 24.6 Å². The van der Waals surface area contributed by atoms with Gasteiger partial charge in [-0.1, -0.05) is 38.1 Å². The molecule has 0 spiro atoms. The number of carbonyl (C=O) groups is 1. The molecule has 4 aromatic rings. The first kappa shape index (κ1) is 29.6. The van der Waals surface area contributed by atoms with Crippen LogP contribution in [0.3, 0.4) is 0 Å². The van der Waals surface area contributed by atoms with Gasteiger partial charge in [-0.05, 0) is 49.6 Å². The number of piperazine rings is 1. The van der Waals surface area contributed by atoms with E-state index in [2.05, 4.69) is 16.5 Å². The summed E-state index contributed by atoms with van der Waals surface area (Å²) in [5.41, 5.74) is -0.593. The van der Waals surface area contributed by atoms with E-state index in [1.165, 1.54) is 24.3 Å². The molecule has 1 fully saturated rings. The zero-order chi connectivity index (χ0) is 31.6. The van der Waals surface area contributed by atoms with Crippen molar-refractivity contribution < 1.29 is 23.4 Å². The third-order valence-corrected chi connectivity index (χ3v) is 8.62. The van der Waals surface area contributed by atoms with Crippen LogP contribution < -0.4 is 15.3 Å². The lowest BCUT2D eigenvalue weighted by Crippen LogP contribution is -2.60. The van der Waals surface area contributed by atoms with Crippen LogP contribution in [0.15, 0.2) is 47.9 Å². The number of aromatic hydroxyl groups is 1. The highest BCUT2D eigenvalue weighted by molar-refractivity contribution is 6.33. The van der Waals surface area contributed by atoms with Gasteiger partial charge in [0.05, 0.1) is 33.4 Å². The molecular weight excluding hydrogens is 592 g/mol. The summed E-state index contributed by atoms with van der Waals surface area (Å²) in [5.74, 6) is -3.45. The molecule has 2 atom stereocenters. The van der Waals surface area contributed by atoms with Crippen LogP contribution >= 0.6 is 11.6 Å². The molecule has 9 nitrogen and oxygen atoms in total. The average Bonchev–Trinajstić information content (AvgIpc) is 3.13. The number of hydrogen-bond acceptors (Lipinski definition) is 7. The van der Waals surface area contributed by atoms with Gasteiger partial charge in [0, 0.05) is 30.9 Å². The van der Waals surface area contributed by atoms with Crippen molar-refractivity contribution in [2.24, 2.45) is 0 Å². The molecule has 2 aliphatic rings. The van der Waals surface area contributed by atoms with E-state index in [1.807, 2.05) is 20.8 Å². The summed E-state index contributed by atoms with van der Waals surface area (Å²) < 4.78 is 41.1. The van der Waals surface area contributed by atoms with E-state index in [0.717, 1.165) is 4.57 Å². The molecule has 2 aromatic carbocycles. The number of phenolic OH excluding ortho intramolecular Hbond substituents is 1. The minimum absolute atomic E-state index is 0.0386. The molecule has 1 amide bonds. The average molecular weight is 622 g/mol. The SMILES string of the molecule is C=CC(=O)N1CC2COc3c(F)c(-c4c(O)cccc4Cl)c(F)c4c3c(nc(=O)n4-c3c(C)ccnc3C(C)C)N2CC1C. The quantitative estimate of drug-likeness (QED) is 0.300. The Morgan fingerprint density at radius 2 is 1.95 bits per heavy atom. The van der Waals surface area contributed by atoms with Crippen LogP contribution in [-0.4, -0.2) is 62.2 Å². The summed E-state index contributed by atoms with van der Waals surface area (Å²) in [5, 5.41) is 10.6. The minimum atomic E-state index is -1.13. The van der Waals surface area contributed by atoms with Gasteiger partial charge in [0.15, 0.2) is 17.4 Å². The lowest BCUT2D eigenvalue weighted by atomic mass is 9.98. The Morgan fingerprint density at radius 3 is 2.64 bits per heavy atom. The zero-order valence-electron chi connectivity index (χ0n) is 24.6. The molecule has 2 aliphatic heterocycles. The highest BCUT2D eigenvalue weighted by Gasteiger charge is 2.41. The third-order valence-electron chi connectivity index (χ3n) is 8.31. The van der Waals surface area contributed by atoms with Gasteiger partial charge in [-0.3, -0.25) is 14.3 Å². The van der Waals surface area contributed by atoms with Crippen LogP contribution in [0, 0.1) is 18.6 Å². The van der Waals surface area contributed by atoms with Crippen LogP contribution in [-0.2, 0) is 4.79 Å². The molecule has 6 rings (SSSR count). The fourth-order valence-corrected chi connectivity index (χ4v) is 6.49. The third kappa shape index (κ3) is 4.40. The molecule has 0 radical (unpaired) electrons. The molecule has 0 bridgehead atoms. The van der Waals surface area contributed by atoms with Crippen molar-refractivity contribution in [3.05, 3.63) is 81.5 Å². The molecule has 0 aliphatic carbocycles. The van der Waals surface area contributed by atoms with Crippen molar-refractivity contribution in [1.29, 1.82) is 0 Å². The van der Waals surface area contributed by atoms with E-state index < -0.39 is 34.7 Å². The van der Waals surface area contributed by atoms with Crippen LogP contribution in [0.2, 0.25) is 5.02 Å². The predicted molar refractivity (Wildman–Crippen MR) is 164 cm³/mol. The Bertz CT molecular complexity index is 1910. The van der Waals surface area contributed by atoms with Gasteiger partial charge in [0.25, 0.3) is 0 Å². The second-order valence-corrected chi connectivity index (χ2v) is 11.8. The van der Waals surface area contributed by atoms with Gasteiger partial charge in [0.2, 0.25) is 5.91 Å². The number of carbonyl (C=O) groups excluding carboxylic acids is 1. The van der Waals surface area contributed by atoms with E-state index in [4.69, 9.17) is 16.3 Å². The maximum atomic E-state index is 17.2. The summed E-state index contributed by atoms with van der Waals surface area (Å²) in [6.45, 7) is 11.3. The first-order valence-electron chi connectivity index (χ1n) is 14.2. The Morgan fingerprint density at radius 1 is 1.20 bits per heavy atom. The molecule has 1 saturated heterocycles. The monoisotopic (exact) mass is 621 g/mol. The highest BCUT2D eigenvalue weighted by atomic mass is 35.5. The van der Waals surface area contributed by atoms with Gasteiger partial charge in [-0.15, -0.1) is 0 Å². The van der Waals surface area contributed by atoms with E-state index in [9.17, 15) is 14.7 Å². The summed E-state index contributed by atoms with van der Waals surface area (Å²) in [7, 11) is 0. The van der Waals surface area contributed by atoms with E-state index in [0.29, 0.717) is 16.9 Å². The predicted octanol–water partition coefficient (Wildman–Crippen LogP) is 5.50. The maximum absolute atomic E-state index is 17.2. The summed E-state index contributed by atoms with van der Waals surface area (Å²) in [6.07, 6.45) is 2.82. The van der Waals surface area contributed by atoms with Gasteiger partial charge in [-0.2, -0.15) is 4.98 Å². The lowest BCUT2D eigenvalue weighted by Gasteiger charge is -2.44. The Hall–Kier alpha value is -4.51. The van der Waals surface area contributed by atoms with Crippen molar-refractivity contribution in [2.45, 2.75) is 45.7 Å². The maximum Gasteiger partial charge on any atom is 0.354 e. The topological polar surface area (TPSA) is 101 Å². The number of nitrogens with zero attached hydrogens (tertiary/aromatic N) is 5. The van der Waals surface area contributed by atoms with Crippen LogP contribution in [0.25, 0.3) is 27.7 Å². The number of rotatable bonds is 4. The Kier molecular flexibility index (Phi) is 7.31. The van der Waals surface area contributed by atoms with E-state index in [-0.39, 0.29) is 70.6 Å². The number of amides is 1. The number of halogens is 3. The molecule has 2 unspecified atom stereocenters. The van der Waals surface area contributed by atoms with Crippen LogP contribution in [0.4, 0.5) is 14.6 Å². The molecule has 12 heteroatoms. The number of ether oxygens (including phenoxy) is 1. The largest absolute Gasteiger partial charge is 0.507 e. The van der Waals surface area contributed by atoms with Crippen LogP contribution in [0.1, 0.15) is 37.9 Å². The molecule has 1 N–H and O–H groups in total. The van der Waals surface area contributed by atoms with Gasteiger partial charge < -0.3 is 19.6 Å². The number of benzene rings is 2. The van der Waals surface area contributed by atoms with Gasteiger partial charge in [-0.25, -0.2) is 13.6 Å². The van der Waals surface area contributed by atoms with Crippen molar-refractivity contribution in [3.63, 3.8) is 0 Å². The second-order valence-electron chi connectivity index (χ2n) is 11.4. The smallest absolute Gasteiger partial charge is 0.354 e. The highest BCUT2D eigenvalue weighted by Crippen LogP contribution is 2.48. The molecule has 228 valence electrons. The number of anilines is 1. The number of fused-ring (bicyclic) bond motifs is 2. The minimum Gasteiger partial charge on any atom is -0.507 e. The molecule has 44 heavy (non-hydrogen) atoms. The van der Waals surface area contributed by atoms with E-state index in [1.54, 1.807) is 29.0 Å². The Labute approximate surface area is 257 Å². The van der Waals surface area contributed by atoms with Gasteiger partial charge >= 0.3 is 5.69 Å². The fraction of sp³-hybridized carbons (Fsp3) is 0.312. The summed E-state index contributed by atoms with van der Waals surface area (Å²) in [4.78, 5) is 39.0. The molecule has 4 heterocycles. The number of hydrogen-bond donors (Lipinski definition) is 1. The fourth-order valence-electron chi connectivity index (χ4n) is 6.22. The normalized spacial score (nSPS) is 17.8. The standard InChI is InChI=1S/C32H30ClF2N5O4/c1-6-21(42)38-13-18-14-44-30-24-29(25(34)23(26(30)35)22-19(33)8-7-9-20(22)41)40(28-16(4)10-11-36-27(28)15(2)3)32(43)37-31(24)39(18)12-17(38)5/h6-11,15,17-18,41H,1,12-14H2,2-5H3. The number of aromatic nitrogens is 3. The second kappa shape index (κ2) is 10.9. The summed E-state index contributed by atoms with van der Waals surface area (Å²) >= 11 is 6.41. The first-order valence-corrected chi connectivity index (χ1v) is 14.6. The molecule has 0 saturated carbocycles. The molecular formula is C32H30ClF2N5O4. The van der Waals surface area contributed by atoms with Crippen molar-refractivity contribution in [1.82, 2.24) is 19.4 Å². The Balaban J connectivity index is 1.77. The molecule has 2 aromatic heterocycles. The van der Waals surface area contributed by atoms with Crippen molar-refractivity contribution in [3.8, 4) is 28.3 Å². The lowest BCUT2D eigenvalue weighted by molar-refractivity contribution is -0.129. The number of pyridine rings is 1. The zero-order valence-corrected chi connectivity index (χ0v) is 25.3. The number of aryl methyl sites for hydroxylation is 1. The van der Waals surface area contributed by atoms with Crippen LogP contribution in [0.5, 0.6) is 11.5 Å². The summed E-state index contributed by atoms with van der Waals surface area (Å²) in [6, 6.07) is 4.93. The van der Waals surface area contributed by atoms with Gasteiger partial charge in [0.1, 0.15) is 23.7 Å². The number of phenols is 1. The van der Waals surface area contributed by atoms with Crippen molar-refractivity contribution >= 4 is 34.2 Å². The van der Waals surface area contributed by atoms with E-state index >= 15 is 8.78 Å². The first-order chi connectivity index (χ1) is 21.0.